The summed E-state index contributed by atoms with van der Waals surface area (Å²) in [7, 11) is 0. The first-order valence-electron chi connectivity index (χ1n) is 13.5. The lowest BCUT2D eigenvalue weighted by Crippen LogP contribution is -2.44. The zero-order valence-corrected chi connectivity index (χ0v) is 21.4. The van der Waals surface area contributed by atoms with Crippen molar-refractivity contribution in [1.82, 2.24) is 14.7 Å². The fourth-order valence-corrected chi connectivity index (χ4v) is 5.60. The molecule has 2 aromatic rings. The van der Waals surface area contributed by atoms with E-state index in [2.05, 4.69) is 41.0 Å². The van der Waals surface area contributed by atoms with Gasteiger partial charge in [0.05, 0.1) is 24.8 Å². The zero-order chi connectivity index (χ0) is 24.9. The Morgan fingerprint density at radius 2 is 1.83 bits per heavy atom. The lowest BCUT2D eigenvalue weighted by Gasteiger charge is -2.32. The molecule has 0 radical (unpaired) electrons. The molecule has 1 amide bonds. The van der Waals surface area contributed by atoms with Gasteiger partial charge in [-0.1, -0.05) is 31.2 Å². The minimum Gasteiger partial charge on any atom is -0.493 e. The van der Waals surface area contributed by atoms with Gasteiger partial charge >= 0.3 is 0 Å². The van der Waals surface area contributed by atoms with Crippen molar-refractivity contribution in [1.29, 1.82) is 0 Å². The van der Waals surface area contributed by atoms with Gasteiger partial charge in [0.25, 0.3) is 5.91 Å². The number of rotatable bonds is 8. The number of fused-ring (bicyclic) bond motifs is 2. The van der Waals surface area contributed by atoms with Gasteiger partial charge in [0.15, 0.2) is 0 Å². The second kappa shape index (κ2) is 11.6. The van der Waals surface area contributed by atoms with Crippen LogP contribution >= 0.6 is 0 Å². The van der Waals surface area contributed by atoms with Crippen molar-refractivity contribution in [2.45, 2.75) is 38.8 Å². The van der Waals surface area contributed by atoms with E-state index < -0.39 is 6.10 Å². The largest absolute Gasteiger partial charge is 0.493 e. The summed E-state index contributed by atoms with van der Waals surface area (Å²) in [5, 5.41) is 10.8. The summed E-state index contributed by atoms with van der Waals surface area (Å²) in [6.45, 7) is 9.78. The van der Waals surface area contributed by atoms with Crippen LogP contribution in [0.4, 0.5) is 0 Å². The molecule has 0 spiro atoms. The van der Waals surface area contributed by atoms with Gasteiger partial charge in [-0.05, 0) is 68.1 Å². The smallest absolute Gasteiger partial charge is 0.257 e. The fraction of sp³-hybridized carbons (Fsp3) is 0.552. The van der Waals surface area contributed by atoms with E-state index in [1.54, 1.807) is 11.0 Å². The second-order valence-electron chi connectivity index (χ2n) is 10.4. The highest BCUT2D eigenvalue weighted by Gasteiger charge is 2.27. The molecule has 0 aliphatic carbocycles. The van der Waals surface area contributed by atoms with E-state index in [4.69, 9.17) is 9.47 Å². The van der Waals surface area contributed by atoms with Gasteiger partial charge in [0, 0.05) is 32.2 Å². The van der Waals surface area contributed by atoms with E-state index in [1.165, 1.54) is 11.1 Å². The Bertz CT molecular complexity index is 1040. The predicted molar refractivity (Wildman–Crippen MR) is 140 cm³/mol. The molecule has 0 bridgehead atoms. The lowest BCUT2D eigenvalue weighted by molar-refractivity contribution is 0.0501. The molecule has 36 heavy (non-hydrogen) atoms. The number of amides is 1. The number of aliphatic hydroxyl groups is 1. The third-order valence-corrected chi connectivity index (χ3v) is 7.84. The molecule has 7 nitrogen and oxygen atoms in total. The van der Waals surface area contributed by atoms with Gasteiger partial charge in [-0.2, -0.15) is 0 Å². The second-order valence-corrected chi connectivity index (χ2v) is 10.4. The summed E-state index contributed by atoms with van der Waals surface area (Å²) in [6, 6.07) is 14.0. The number of piperidine rings is 1. The SMILES string of the molecule is CCN1CCC(COc2ccc3c(c2)OCCN(C[C@H](O)CN2CCc4ccccc4C2)C3=O)CC1. The quantitative estimate of drug-likeness (QED) is 0.610. The van der Waals surface area contributed by atoms with Crippen LogP contribution in [-0.4, -0.2) is 90.8 Å². The van der Waals surface area contributed by atoms with Gasteiger partial charge < -0.3 is 24.4 Å². The van der Waals surface area contributed by atoms with Crippen LogP contribution in [0.5, 0.6) is 11.5 Å². The molecule has 3 heterocycles. The normalized spacial score (nSPS) is 20.3. The summed E-state index contributed by atoms with van der Waals surface area (Å²) in [4.78, 5) is 19.8. The Balaban J connectivity index is 1.14. The highest BCUT2D eigenvalue weighted by Crippen LogP contribution is 2.29. The average Bonchev–Trinajstić information content (AvgIpc) is 3.05. The monoisotopic (exact) mass is 493 g/mol. The summed E-state index contributed by atoms with van der Waals surface area (Å²) in [5.41, 5.74) is 3.26. The molecule has 7 heteroatoms. The fourth-order valence-electron chi connectivity index (χ4n) is 5.60. The molecule has 0 unspecified atom stereocenters. The van der Waals surface area contributed by atoms with Crippen LogP contribution < -0.4 is 9.47 Å². The molecule has 5 rings (SSSR count). The Kier molecular flexibility index (Phi) is 8.09. The Morgan fingerprint density at radius 1 is 1.03 bits per heavy atom. The number of hydrogen-bond donors (Lipinski definition) is 1. The van der Waals surface area contributed by atoms with Crippen molar-refractivity contribution < 1.29 is 19.4 Å². The van der Waals surface area contributed by atoms with Crippen molar-refractivity contribution in [2.24, 2.45) is 5.92 Å². The number of benzene rings is 2. The standard InChI is InChI=1S/C29H39N3O4/c1-2-30-12-9-22(10-13-30)21-36-26-7-8-27-28(17-26)35-16-15-32(29(27)34)20-25(33)19-31-14-11-23-5-3-4-6-24(23)18-31/h3-8,17,22,25,33H,2,9-16,18-21H2,1H3/t25-/m1/s1. The maximum absolute atomic E-state index is 13.3. The van der Waals surface area contributed by atoms with E-state index in [0.29, 0.717) is 50.1 Å². The molecule has 1 saturated heterocycles. The Labute approximate surface area is 214 Å². The molecular weight excluding hydrogens is 454 g/mol. The molecule has 2 aromatic carbocycles. The first-order chi connectivity index (χ1) is 17.6. The predicted octanol–water partition coefficient (Wildman–Crippen LogP) is 3.05. The maximum atomic E-state index is 13.3. The zero-order valence-electron chi connectivity index (χ0n) is 21.4. The molecule has 1 fully saturated rings. The first kappa shape index (κ1) is 25.1. The van der Waals surface area contributed by atoms with Crippen LogP contribution in [0, 0.1) is 5.92 Å². The van der Waals surface area contributed by atoms with Crippen molar-refractivity contribution in [2.75, 3.05) is 59.0 Å². The minimum atomic E-state index is -0.609. The van der Waals surface area contributed by atoms with Crippen LogP contribution in [0.2, 0.25) is 0 Å². The summed E-state index contributed by atoms with van der Waals surface area (Å²) in [6.07, 6.45) is 2.71. The number of nitrogens with zero attached hydrogens (tertiary/aromatic N) is 3. The van der Waals surface area contributed by atoms with Gasteiger partial charge in [0.1, 0.15) is 18.1 Å². The number of carbonyl (C=O) groups is 1. The molecule has 194 valence electrons. The molecular formula is C29H39N3O4. The van der Waals surface area contributed by atoms with Crippen molar-refractivity contribution in [3.63, 3.8) is 0 Å². The van der Waals surface area contributed by atoms with E-state index in [0.717, 1.165) is 57.7 Å². The highest BCUT2D eigenvalue weighted by molar-refractivity contribution is 5.97. The third-order valence-electron chi connectivity index (χ3n) is 7.84. The van der Waals surface area contributed by atoms with E-state index in [9.17, 15) is 9.90 Å². The third kappa shape index (κ3) is 6.02. The number of β-amino-alcohol motifs (C(OH)–C–C–N with tert-alkyl or cyclic N) is 1. The topological polar surface area (TPSA) is 65.5 Å². The van der Waals surface area contributed by atoms with Crippen LogP contribution in [0.15, 0.2) is 42.5 Å². The number of likely N-dealkylation sites (tertiary alicyclic amines) is 1. The number of carbonyl (C=O) groups excluding carboxylic acids is 1. The van der Waals surface area contributed by atoms with Crippen molar-refractivity contribution in [3.8, 4) is 11.5 Å². The van der Waals surface area contributed by atoms with E-state index >= 15 is 0 Å². The Morgan fingerprint density at radius 3 is 2.64 bits per heavy atom. The lowest BCUT2D eigenvalue weighted by atomic mass is 9.98. The molecule has 1 N–H and O–H groups in total. The summed E-state index contributed by atoms with van der Waals surface area (Å²) < 4.78 is 12.0. The van der Waals surface area contributed by atoms with Gasteiger partial charge in [-0.3, -0.25) is 9.69 Å². The maximum Gasteiger partial charge on any atom is 0.257 e. The van der Waals surface area contributed by atoms with Crippen molar-refractivity contribution >= 4 is 5.91 Å². The molecule has 3 aliphatic heterocycles. The minimum absolute atomic E-state index is 0.0935. The van der Waals surface area contributed by atoms with Gasteiger partial charge in [0.2, 0.25) is 0 Å². The van der Waals surface area contributed by atoms with Crippen LogP contribution in [0.3, 0.4) is 0 Å². The van der Waals surface area contributed by atoms with E-state index in [1.807, 2.05) is 12.1 Å². The molecule has 3 aliphatic rings. The number of ether oxygens (including phenoxy) is 2. The average molecular weight is 494 g/mol. The highest BCUT2D eigenvalue weighted by atomic mass is 16.5. The molecule has 0 aromatic heterocycles. The van der Waals surface area contributed by atoms with E-state index in [-0.39, 0.29) is 5.91 Å². The van der Waals surface area contributed by atoms with Crippen molar-refractivity contribution in [3.05, 3.63) is 59.2 Å². The van der Waals surface area contributed by atoms with Gasteiger partial charge in [-0.25, -0.2) is 0 Å². The Hall–Kier alpha value is -2.61. The summed E-state index contributed by atoms with van der Waals surface area (Å²) in [5.74, 6) is 1.80. The first-order valence-corrected chi connectivity index (χ1v) is 13.5. The van der Waals surface area contributed by atoms with Gasteiger partial charge in [-0.15, -0.1) is 0 Å². The number of hydrogen-bond acceptors (Lipinski definition) is 6. The van der Waals surface area contributed by atoms with Crippen LogP contribution in [0.25, 0.3) is 0 Å². The molecule has 0 saturated carbocycles. The number of aliphatic hydroxyl groups excluding tert-OH is 1. The molecule has 1 atom stereocenters. The summed E-state index contributed by atoms with van der Waals surface area (Å²) >= 11 is 0. The van der Waals surface area contributed by atoms with Crippen LogP contribution in [0.1, 0.15) is 41.3 Å². The van der Waals surface area contributed by atoms with Crippen LogP contribution in [-0.2, 0) is 13.0 Å².